The number of hydrogen-bond donors (Lipinski definition) is 1. The van der Waals surface area contributed by atoms with Crippen LogP contribution in [0.5, 0.6) is 0 Å². The van der Waals surface area contributed by atoms with Crippen molar-refractivity contribution in [3.8, 4) is 0 Å². The number of benzene rings is 1. The molecule has 2 nitrogen and oxygen atoms in total. The summed E-state index contributed by atoms with van der Waals surface area (Å²) in [5.41, 5.74) is 2.37. The van der Waals surface area contributed by atoms with Crippen molar-refractivity contribution in [3.05, 3.63) is 29.6 Å². The molecule has 0 saturated carbocycles. The molecule has 1 aliphatic heterocycles. The Hall–Kier alpha value is -1.09. The third-order valence-electron chi connectivity index (χ3n) is 3.20. The minimum Gasteiger partial charge on any atom is -0.371 e. The Morgan fingerprint density at radius 2 is 2.24 bits per heavy atom. The zero-order valence-electron chi connectivity index (χ0n) is 10.7. The number of anilines is 1. The van der Waals surface area contributed by atoms with E-state index < -0.39 is 0 Å². The van der Waals surface area contributed by atoms with Crippen LogP contribution in [0.4, 0.5) is 10.1 Å². The molecule has 0 spiro atoms. The Morgan fingerprint density at radius 1 is 1.41 bits per heavy atom. The summed E-state index contributed by atoms with van der Waals surface area (Å²) in [4.78, 5) is 2.29. The van der Waals surface area contributed by atoms with Crippen molar-refractivity contribution < 1.29 is 4.39 Å². The first kappa shape index (κ1) is 12.4. The molecule has 0 unspecified atom stereocenters. The maximum absolute atomic E-state index is 13.2. The van der Waals surface area contributed by atoms with Crippen molar-refractivity contribution in [2.24, 2.45) is 0 Å². The Kier molecular flexibility index (Phi) is 4.00. The highest BCUT2D eigenvalue weighted by Gasteiger charge is 2.18. The first-order chi connectivity index (χ1) is 8.16. The van der Waals surface area contributed by atoms with E-state index >= 15 is 0 Å². The topological polar surface area (TPSA) is 15.3 Å². The van der Waals surface area contributed by atoms with Gasteiger partial charge in [-0.05, 0) is 37.1 Å². The Morgan fingerprint density at radius 3 is 3.00 bits per heavy atom. The van der Waals surface area contributed by atoms with Crippen LogP contribution in [0.25, 0.3) is 0 Å². The first-order valence-corrected chi connectivity index (χ1v) is 6.43. The van der Waals surface area contributed by atoms with Crippen LogP contribution in [0.1, 0.15) is 25.8 Å². The van der Waals surface area contributed by atoms with E-state index in [2.05, 4.69) is 24.1 Å². The van der Waals surface area contributed by atoms with Crippen LogP contribution in [-0.4, -0.2) is 25.7 Å². The van der Waals surface area contributed by atoms with Gasteiger partial charge in [0, 0.05) is 24.8 Å². The van der Waals surface area contributed by atoms with Gasteiger partial charge in [-0.25, -0.2) is 4.39 Å². The molecule has 1 aromatic carbocycles. The summed E-state index contributed by atoms with van der Waals surface area (Å²) >= 11 is 0. The number of nitrogens with one attached hydrogen (secondary N) is 1. The van der Waals surface area contributed by atoms with Gasteiger partial charge in [0.25, 0.3) is 0 Å². The second kappa shape index (κ2) is 5.50. The molecule has 1 aliphatic rings. The van der Waals surface area contributed by atoms with Gasteiger partial charge in [-0.15, -0.1) is 0 Å². The highest BCUT2D eigenvalue weighted by Crippen LogP contribution is 2.28. The molecule has 0 aliphatic carbocycles. The lowest BCUT2D eigenvalue weighted by molar-refractivity contribution is 0.567. The molecule has 3 heteroatoms. The predicted octanol–water partition coefficient (Wildman–Crippen LogP) is 2.58. The Balaban J connectivity index is 1.86. The van der Waals surface area contributed by atoms with E-state index in [0.717, 1.165) is 38.2 Å². The fraction of sp³-hybridized carbons (Fsp3) is 0.571. The summed E-state index contributed by atoms with van der Waals surface area (Å²) in [5.74, 6) is -0.129. The molecule has 0 bridgehead atoms. The molecule has 1 N–H and O–H groups in total. The van der Waals surface area contributed by atoms with E-state index in [-0.39, 0.29) is 5.82 Å². The highest BCUT2D eigenvalue weighted by atomic mass is 19.1. The molecule has 17 heavy (non-hydrogen) atoms. The van der Waals surface area contributed by atoms with Crippen LogP contribution in [-0.2, 0) is 6.42 Å². The van der Waals surface area contributed by atoms with Gasteiger partial charge in [0.1, 0.15) is 5.82 Å². The van der Waals surface area contributed by atoms with E-state index in [4.69, 9.17) is 0 Å². The average Bonchev–Trinajstić information content (AvgIpc) is 2.67. The van der Waals surface area contributed by atoms with Crippen LogP contribution < -0.4 is 10.2 Å². The van der Waals surface area contributed by atoms with Crippen LogP contribution in [0, 0.1) is 5.82 Å². The summed E-state index contributed by atoms with van der Waals surface area (Å²) < 4.78 is 13.2. The highest BCUT2D eigenvalue weighted by molar-refractivity contribution is 5.58. The van der Waals surface area contributed by atoms with Gasteiger partial charge in [0.15, 0.2) is 0 Å². The summed E-state index contributed by atoms with van der Waals surface area (Å²) in [6.07, 6.45) is 2.15. The van der Waals surface area contributed by atoms with Crippen molar-refractivity contribution >= 4 is 5.69 Å². The monoisotopic (exact) mass is 236 g/mol. The third kappa shape index (κ3) is 3.19. The average molecular weight is 236 g/mol. The molecule has 2 rings (SSSR count). The molecule has 0 fully saturated rings. The fourth-order valence-corrected chi connectivity index (χ4v) is 2.31. The van der Waals surface area contributed by atoms with Crippen LogP contribution >= 0.6 is 0 Å². The quantitative estimate of drug-likeness (QED) is 0.790. The number of halogens is 1. The number of fused-ring (bicyclic) bond motifs is 1. The van der Waals surface area contributed by atoms with Crippen LogP contribution in [0.2, 0.25) is 0 Å². The molecular weight excluding hydrogens is 215 g/mol. The van der Waals surface area contributed by atoms with E-state index in [0.29, 0.717) is 6.04 Å². The van der Waals surface area contributed by atoms with Gasteiger partial charge in [-0.3, -0.25) is 0 Å². The summed E-state index contributed by atoms with van der Waals surface area (Å²) in [6.45, 7) is 7.37. The first-order valence-electron chi connectivity index (χ1n) is 6.43. The SMILES string of the molecule is CC(C)NCCCN1CCc2ccc(F)cc21. The zero-order valence-corrected chi connectivity index (χ0v) is 10.7. The lowest BCUT2D eigenvalue weighted by atomic mass is 10.2. The van der Waals surface area contributed by atoms with Gasteiger partial charge in [0.2, 0.25) is 0 Å². The molecule has 1 aromatic rings. The van der Waals surface area contributed by atoms with Gasteiger partial charge in [-0.2, -0.15) is 0 Å². The maximum Gasteiger partial charge on any atom is 0.125 e. The minimum absolute atomic E-state index is 0.129. The van der Waals surface area contributed by atoms with E-state index in [1.165, 1.54) is 5.56 Å². The molecular formula is C14H21FN2. The smallest absolute Gasteiger partial charge is 0.125 e. The number of rotatable bonds is 5. The van der Waals surface area contributed by atoms with Gasteiger partial charge in [0.05, 0.1) is 0 Å². The molecule has 94 valence electrons. The van der Waals surface area contributed by atoms with Crippen molar-refractivity contribution in [1.29, 1.82) is 0 Å². The van der Waals surface area contributed by atoms with Crippen LogP contribution in [0.15, 0.2) is 18.2 Å². The molecule has 0 aromatic heterocycles. The molecule has 0 amide bonds. The minimum atomic E-state index is -0.129. The maximum atomic E-state index is 13.2. The lowest BCUT2D eigenvalue weighted by Gasteiger charge is -2.19. The molecule has 1 heterocycles. The fourth-order valence-electron chi connectivity index (χ4n) is 2.31. The van der Waals surface area contributed by atoms with Crippen molar-refractivity contribution in [1.82, 2.24) is 5.32 Å². The number of nitrogens with zero attached hydrogens (tertiary/aromatic N) is 1. The second-order valence-corrected chi connectivity index (χ2v) is 4.97. The van der Waals surface area contributed by atoms with Crippen molar-refractivity contribution in [3.63, 3.8) is 0 Å². The van der Waals surface area contributed by atoms with Crippen molar-refractivity contribution in [2.75, 3.05) is 24.5 Å². The van der Waals surface area contributed by atoms with E-state index in [1.807, 2.05) is 6.07 Å². The summed E-state index contributed by atoms with van der Waals surface area (Å²) in [7, 11) is 0. The standard InChI is InChI=1S/C14H21FN2/c1-11(2)16-7-3-8-17-9-6-12-4-5-13(15)10-14(12)17/h4-5,10-11,16H,3,6-9H2,1-2H3. The lowest BCUT2D eigenvalue weighted by Crippen LogP contribution is -2.28. The molecule has 0 atom stereocenters. The number of hydrogen-bond acceptors (Lipinski definition) is 2. The normalized spacial score (nSPS) is 14.5. The molecule has 0 radical (unpaired) electrons. The van der Waals surface area contributed by atoms with Gasteiger partial charge < -0.3 is 10.2 Å². The van der Waals surface area contributed by atoms with Crippen molar-refractivity contribution in [2.45, 2.75) is 32.7 Å². The van der Waals surface area contributed by atoms with Gasteiger partial charge in [-0.1, -0.05) is 19.9 Å². The predicted molar refractivity (Wildman–Crippen MR) is 70.1 cm³/mol. The second-order valence-electron chi connectivity index (χ2n) is 4.97. The van der Waals surface area contributed by atoms with Crippen LogP contribution in [0.3, 0.4) is 0 Å². The molecule has 0 saturated heterocycles. The zero-order chi connectivity index (χ0) is 12.3. The van der Waals surface area contributed by atoms with E-state index in [1.54, 1.807) is 12.1 Å². The van der Waals surface area contributed by atoms with Gasteiger partial charge >= 0.3 is 0 Å². The third-order valence-corrected chi connectivity index (χ3v) is 3.20. The van der Waals surface area contributed by atoms with E-state index in [9.17, 15) is 4.39 Å². The summed E-state index contributed by atoms with van der Waals surface area (Å²) in [6, 6.07) is 5.68. The summed E-state index contributed by atoms with van der Waals surface area (Å²) in [5, 5.41) is 3.40. The largest absolute Gasteiger partial charge is 0.371 e. The Labute approximate surface area is 103 Å². The Bertz CT molecular complexity index is 376.